The summed E-state index contributed by atoms with van der Waals surface area (Å²) in [4.78, 5) is 5.18. The van der Waals surface area contributed by atoms with Gasteiger partial charge in [0.2, 0.25) is 0 Å². The maximum atomic E-state index is 10.7. The molecule has 1 N–H and O–H groups in total. The number of piperidine rings is 1. The van der Waals surface area contributed by atoms with E-state index in [0.717, 1.165) is 18.7 Å². The summed E-state index contributed by atoms with van der Waals surface area (Å²) in [6.07, 6.45) is 3.63. The molecule has 0 spiro atoms. The van der Waals surface area contributed by atoms with Crippen molar-refractivity contribution < 1.29 is 5.11 Å². The molecule has 0 aliphatic carbocycles. The van der Waals surface area contributed by atoms with E-state index in [1.54, 1.807) is 0 Å². The summed E-state index contributed by atoms with van der Waals surface area (Å²) >= 11 is 0. The lowest BCUT2D eigenvalue weighted by Crippen LogP contribution is -2.61. The van der Waals surface area contributed by atoms with E-state index in [-0.39, 0.29) is 6.04 Å². The van der Waals surface area contributed by atoms with Crippen LogP contribution >= 0.6 is 0 Å². The van der Waals surface area contributed by atoms with Gasteiger partial charge >= 0.3 is 0 Å². The molecule has 2 aliphatic rings. The largest absolute Gasteiger partial charge is 0.387 e. The SMILES string of the molecule is CC1CN2CCCCC2CN1C(C)C(O)c1ccccc1. The van der Waals surface area contributed by atoms with Gasteiger partial charge in [-0.05, 0) is 38.8 Å². The number of hydrogen-bond donors (Lipinski definition) is 1. The van der Waals surface area contributed by atoms with Crippen LogP contribution in [0.1, 0.15) is 44.8 Å². The van der Waals surface area contributed by atoms with Crippen molar-refractivity contribution in [3.63, 3.8) is 0 Å². The molecule has 0 amide bonds. The fourth-order valence-electron chi connectivity index (χ4n) is 4.05. The average molecular weight is 288 g/mol. The normalized spacial score (nSPS) is 30.6. The number of aliphatic hydroxyl groups excluding tert-OH is 1. The molecule has 2 aliphatic heterocycles. The summed E-state index contributed by atoms with van der Waals surface area (Å²) in [7, 11) is 0. The predicted molar refractivity (Wildman–Crippen MR) is 86.2 cm³/mol. The summed E-state index contributed by atoms with van der Waals surface area (Å²) in [6, 6.07) is 11.5. The molecule has 2 fully saturated rings. The number of rotatable bonds is 3. The van der Waals surface area contributed by atoms with Gasteiger partial charge in [-0.1, -0.05) is 36.8 Å². The molecule has 4 unspecified atom stereocenters. The fourth-order valence-corrected chi connectivity index (χ4v) is 4.05. The van der Waals surface area contributed by atoms with Gasteiger partial charge in [0.25, 0.3) is 0 Å². The van der Waals surface area contributed by atoms with E-state index in [0.29, 0.717) is 12.1 Å². The molecule has 3 nitrogen and oxygen atoms in total. The number of nitrogens with zero attached hydrogens (tertiary/aromatic N) is 2. The Balaban J connectivity index is 1.70. The molecule has 1 aromatic rings. The molecule has 2 heterocycles. The van der Waals surface area contributed by atoms with Gasteiger partial charge in [-0.2, -0.15) is 0 Å². The van der Waals surface area contributed by atoms with Crippen molar-refractivity contribution in [2.45, 2.75) is 57.3 Å². The molecule has 0 saturated carbocycles. The van der Waals surface area contributed by atoms with Crippen molar-refractivity contribution in [1.82, 2.24) is 9.80 Å². The van der Waals surface area contributed by atoms with Gasteiger partial charge in [-0.3, -0.25) is 9.80 Å². The van der Waals surface area contributed by atoms with E-state index in [2.05, 4.69) is 23.6 Å². The number of aliphatic hydroxyl groups is 1. The molecule has 3 heteroatoms. The lowest BCUT2D eigenvalue weighted by Gasteiger charge is -2.50. The monoisotopic (exact) mass is 288 g/mol. The second kappa shape index (κ2) is 6.47. The molecule has 2 saturated heterocycles. The van der Waals surface area contributed by atoms with Crippen LogP contribution in [0, 0.1) is 0 Å². The third kappa shape index (κ3) is 3.15. The van der Waals surface area contributed by atoms with Crippen LogP contribution in [0.3, 0.4) is 0 Å². The Morgan fingerprint density at radius 1 is 1.14 bits per heavy atom. The van der Waals surface area contributed by atoms with Crippen LogP contribution in [-0.4, -0.2) is 52.7 Å². The second-order valence-corrected chi connectivity index (χ2v) is 6.79. The summed E-state index contributed by atoms with van der Waals surface area (Å²) in [5, 5.41) is 10.7. The Morgan fingerprint density at radius 3 is 2.67 bits per heavy atom. The first-order chi connectivity index (χ1) is 10.2. The third-order valence-electron chi connectivity index (χ3n) is 5.36. The van der Waals surface area contributed by atoms with Crippen LogP contribution in [0.25, 0.3) is 0 Å². The summed E-state index contributed by atoms with van der Waals surface area (Å²) in [5.74, 6) is 0. The lowest BCUT2D eigenvalue weighted by molar-refractivity contribution is -0.0386. The van der Waals surface area contributed by atoms with E-state index in [9.17, 15) is 5.11 Å². The van der Waals surface area contributed by atoms with E-state index in [4.69, 9.17) is 0 Å². The highest BCUT2D eigenvalue weighted by Crippen LogP contribution is 2.29. The number of piperazine rings is 1. The summed E-state index contributed by atoms with van der Waals surface area (Å²) in [5.41, 5.74) is 1.03. The van der Waals surface area contributed by atoms with Crippen LogP contribution in [-0.2, 0) is 0 Å². The number of benzene rings is 1. The van der Waals surface area contributed by atoms with E-state index < -0.39 is 6.10 Å². The van der Waals surface area contributed by atoms with Crippen LogP contribution < -0.4 is 0 Å². The van der Waals surface area contributed by atoms with Crippen molar-refractivity contribution in [3.05, 3.63) is 35.9 Å². The highest BCUT2D eigenvalue weighted by molar-refractivity contribution is 5.19. The van der Waals surface area contributed by atoms with Crippen LogP contribution in [0.5, 0.6) is 0 Å². The minimum absolute atomic E-state index is 0.173. The van der Waals surface area contributed by atoms with Crippen molar-refractivity contribution in [2.24, 2.45) is 0 Å². The Labute approximate surface area is 128 Å². The van der Waals surface area contributed by atoms with Crippen molar-refractivity contribution in [3.8, 4) is 0 Å². The van der Waals surface area contributed by atoms with Crippen molar-refractivity contribution in [1.29, 1.82) is 0 Å². The molecule has 3 rings (SSSR count). The minimum Gasteiger partial charge on any atom is -0.387 e. The van der Waals surface area contributed by atoms with Gasteiger partial charge < -0.3 is 5.11 Å². The quantitative estimate of drug-likeness (QED) is 0.926. The molecular formula is C18H28N2O. The summed E-state index contributed by atoms with van der Waals surface area (Å²) < 4.78 is 0. The molecule has 116 valence electrons. The average Bonchev–Trinajstić information content (AvgIpc) is 2.53. The third-order valence-corrected chi connectivity index (χ3v) is 5.36. The maximum absolute atomic E-state index is 10.7. The van der Waals surface area contributed by atoms with Crippen LogP contribution in [0.15, 0.2) is 30.3 Å². The van der Waals surface area contributed by atoms with E-state index in [1.165, 1.54) is 25.8 Å². The lowest BCUT2D eigenvalue weighted by atomic mass is 9.94. The zero-order valence-corrected chi connectivity index (χ0v) is 13.3. The van der Waals surface area contributed by atoms with Gasteiger partial charge in [-0.15, -0.1) is 0 Å². The molecular weight excluding hydrogens is 260 g/mol. The molecule has 0 radical (unpaired) electrons. The Morgan fingerprint density at radius 2 is 1.90 bits per heavy atom. The van der Waals surface area contributed by atoms with E-state index >= 15 is 0 Å². The Hall–Kier alpha value is -0.900. The Bertz CT molecular complexity index is 450. The van der Waals surface area contributed by atoms with Gasteiger partial charge in [0.1, 0.15) is 0 Å². The first-order valence-electron chi connectivity index (χ1n) is 8.39. The maximum Gasteiger partial charge on any atom is 0.0942 e. The second-order valence-electron chi connectivity index (χ2n) is 6.79. The van der Waals surface area contributed by atoms with Crippen molar-refractivity contribution >= 4 is 0 Å². The molecule has 0 bridgehead atoms. The predicted octanol–water partition coefficient (Wildman–Crippen LogP) is 2.67. The standard InChI is InChI=1S/C18H28N2O/c1-14-12-19-11-7-6-10-17(19)13-20(14)15(2)18(21)16-8-4-3-5-9-16/h3-5,8-9,14-15,17-18,21H,6-7,10-13H2,1-2H3. The van der Waals surface area contributed by atoms with Crippen LogP contribution in [0.4, 0.5) is 0 Å². The number of fused-ring (bicyclic) bond motifs is 1. The molecule has 0 aromatic heterocycles. The fraction of sp³-hybridized carbons (Fsp3) is 0.667. The zero-order valence-electron chi connectivity index (χ0n) is 13.3. The minimum atomic E-state index is -0.399. The smallest absolute Gasteiger partial charge is 0.0942 e. The first kappa shape index (κ1) is 15.0. The highest BCUT2D eigenvalue weighted by atomic mass is 16.3. The number of hydrogen-bond acceptors (Lipinski definition) is 3. The van der Waals surface area contributed by atoms with Gasteiger partial charge in [0.05, 0.1) is 6.10 Å². The Kier molecular flexibility index (Phi) is 4.63. The highest BCUT2D eigenvalue weighted by Gasteiger charge is 2.36. The summed E-state index contributed by atoms with van der Waals surface area (Å²) in [6.45, 7) is 7.99. The first-order valence-corrected chi connectivity index (χ1v) is 8.39. The van der Waals surface area contributed by atoms with Crippen molar-refractivity contribution in [2.75, 3.05) is 19.6 Å². The molecule has 1 aromatic carbocycles. The van der Waals surface area contributed by atoms with Gasteiger partial charge in [-0.25, -0.2) is 0 Å². The molecule has 21 heavy (non-hydrogen) atoms. The van der Waals surface area contributed by atoms with E-state index in [1.807, 2.05) is 30.3 Å². The van der Waals surface area contributed by atoms with Gasteiger partial charge in [0, 0.05) is 31.2 Å². The molecule has 4 atom stereocenters. The van der Waals surface area contributed by atoms with Crippen LogP contribution in [0.2, 0.25) is 0 Å². The van der Waals surface area contributed by atoms with Gasteiger partial charge in [0.15, 0.2) is 0 Å². The zero-order chi connectivity index (χ0) is 14.8. The topological polar surface area (TPSA) is 26.7 Å².